The molecule has 140 valence electrons. The van der Waals surface area contributed by atoms with Crippen LogP contribution in [-0.2, 0) is 20.2 Å². The van der Waals surface area contributed by atoms with E-state index in [-0.39, 0.29) is 22.6 Å². The normalized spacial score (nSPS) is 15.7. The molecule has 1 fully saturated rings. The Labute approximate surface area is 153 Å². The molecular formula is C18H23N3O4S. The molecule has 0 aliphatic heterocycles. The molecule has 1 aromatic carbocycles. The molecule has 0 radical (unpaired) electrons. The summed E-state index contributed by atoms with van der Waals surface area (Å²) >= 11 is 0. The third kappa shape index (κ3) is 3.33. The summed E-state index contributed by atoms with van der Waals surface area (Å²) in [6, 6.07) is 7.04. The van der Waals surface area contributed by atoms with Crippen LogP contribution in [0, 0.1) is 13.8 Å². The lowest BCUT2D eigenvalue weighted by molar-refractivity contribution is -0.124. The van der Waals surface area contributed by atoms with E-state index in [0.29, 0.717) is 11.4 Å². The number of aryl methyl sites for hydroxylation is 2. The Balaban J connectivity index is 1.80. The van der Waals surface area contributed by atoms with Crippen molar-refractivity contribution in [2.75, 3.05) is 4.72 Å². The first-order valence-electron chi connectivity index (χ1n) is 8.53. The van der Waals surface area contributed by atoms with Gasteiger partial charge in [-0.15, -0.1) is 0 Å². The lowest BCUT2D eigenvalue weighted by Crippen LogP contribution is -2.38. The minimum atomic E-state index is -3.78. The van der Waals surface area contributed by atoms with Gasteiger partial charge in [0, 0.05) is 11.7 Å². The molecule has 3 rings (SSSR count). The minimum absolute atomic E-state index is 0.0246. The van der Waals surface area contributed by atoms with E-state index in [1.54, 1.807) is 38.1 Å². The van der Waals surface area contributed by atoms with Gasteiger partial charge in [-0.25, -0.2) is 8.42 Å². The van der Waals surface area contributed by atoms with Crippen molar-refractivity contribution in [3.8, 4) is 0 Å². The molecule has 0 unspecified atom stereocenters. The van der Waals surface area contributed by atoms with Crippen LogP contribution in [-0.4, -0.2) is 25.5 Å². The summed E-state index contributed by atoms with van der Waals surface area (Å²) in [5.41, 5.74) is 1.15. The van der Waals surface area contributed by atoms with Gasteiger partial charge in [0.25, 0.3) is 10.0 Å². The number of carbonyl (C=O) groups excluding carboxylic acids is 1. The van der Waals surface area contributed by atoms with Gasteiger partial charge in [0.05, 0.1) is 5.41 Å². The van der Waals surface area contributed by atoms with E-state index in [0.717, 1.165) is 18.4 Å². The number of benzene rings is 1. The second-order valence-electron chi connectivity index (χ2n) is 7.05. The third-order valence-corrected chi connectivity index (χ3v) is 6.16. The molecule has 8 heteroatoms. The highest BCUT2D eigenvalue weighted by molar-refractivity contribution is 7.92. The summed E-state index contributed by atoms with van der Waals surface area (Å²) in [6.07, 6.45) is 1.60. The van der Waals surface area contributed by atoms with E-state index in [1.807, 2.05) is 13.8 Å². The van der Waals surface area contributed by atoms with Gasteiger partial charge < -0.3 is 9.84 Å². The maximum absolute atomic E-state index is 12.6. The van der Waals surface area contributed by atoms with Gasteiger partial charge >= 0.3 is 0 Å². The van der Waals surface area contributed by atoms with Crippen LogP contribution in [0.15, 0.2) is 33.7 Å². The van der Waals surface area contributed by atoms with E-state index in [1.165, 1.54) is 0 Å². The average molecular weight is 377 g/mol. The van der Waals surface area contributed by atoms with Crippen molar-refractivity contribution < 1.29 is 17.7 Å². The lowest BCUT2D eigenvalue weighted by atomic mass is 9.94. The number of aromatic nitrogens is 1. The van der Waals surface area contributed by atoms with E-state index in [2.05, 4.69) is 15.2 Å². The van der Waals surface area contributed by atoms with E-state index >= 15 is 0 Å². The number of sulfonamides is 1. The first kappa shape index (κ1) is 18.4. The van der Waals surface area contributed by atoms with Gasteiger partial charge in [0.1, 0.15) is 5.69 Å². The number of anilines is 1. The smallest absolute Gasteiger partial charge is 0.267 e. The van der Waals surface area contributed by atoms with Crippen molar-refractivity contribution in [3.63, 3.8) is 0 Å². The van der Waals surface area contributed by atoms with Gasteiger partial charge in [-0.1, -0.05) is 17.3 Å². The number of hydrogen-bond donors (Lipinski definition) is 2. The van der Waals surface area contributed by atoms with Crippen molar-refractivity contribution in [2.45, 2.75) is 56.9 Å². The molecule has 26 heavy (non-hydrogen) atoms. The van der Waals surface area contributed by atoms with Gasteiger partial charge in [-0.05, 0) is 58.2 Å². The van der Waals surface area contributed by atoms with E-state index < -0.39 is 15.4 Å². The number of nitrogens with zero attached hydrogens (tertiary/aromatic N) is 1. The monoisotopic (exact) mass is 377 g/mol. The summed E-state index contributed by atoms with van der Waals surface area (Å²) in [7, 11) is -3.78. The lowest BCUT2D eigenvalue weighted by Gasteiger charge is -2.18. The second-order valence-corrected chi connectivity index (χ2v) is 8.67. The van der Waals surface area contributed by atoms with Gasteiger partial charge in [-0.3, -0.25) is 9.52 Å². The highest BCUT2D eigenvalue weighted by Gasteiger charge is 2.51. The standard InChI is InChI=1S/C18H23N3O4S/c1-11(2)19-17(22)18(9-10-18)14-5-7-15(8-6-14)21-26(23,24)16-12(3)20-25-13(16)4/h5-8,11,21H,9-10H2,1-4H3,(H,19,22). The first-order valence-corrected chi connectivity index (χ1v) is 10.0. The zero-order valence-corrected chi connectivity index (χ0v) is 16.1. The largest absolute Gasteiger partial charge is 0.360 e. The van der Waals surface area contributed by atoms with Crippen LogP contribution < -0.4 is 10.0 Å². The van der Waals surface area contributed by atoms with Crippen molar-refractivity contribution in [1.82, 2.24) is 10.5 Å². The number of amides is 1. The van der Waals surface area contributed by atoms with Gasteiger partial charge in [0.2, 0.25) is 5.91 Å². The number of rotatable bonds is 6. The predicted octanol–water partition coefficient (Wildman–Crippen LogP) is 2.65. The molecule has 0 saturated heterocycles. The topological polar surface area (TPSA) is 101 Å². The number of carbonyl (C=O) groups is 1. The molecule has 2 N–H and O–H groups in total. The molecule has 0 bridgehead atoms. The summed E-state index contributed by atoms with van der Waals surface area (Å²) in [6.45, 7) is 7.00. The van der Waals surface area contributed by atoms with Crippen LogP contribution in [0.5, 0.6) is 0 Å². The molecule has 1 amide bonds. The van der Waals surface area contributed by atoms with Crippen LogP contribution in [0.1, 0.15) is 43.7 Å². The minimum Gasteiger partial charge on any atom is -0.360 e. The maximum Gasteiger partial charge on any atom is 0.267 e. The molecular weight excluding hydrogens is 354 g/mol. The Morgan fingerprint density at radius 3 is 2.27 bits per heavy atom. The highest BCUT2D eigenvalue weighted by Crippen LogP contribution is 2.48. The van der Waals surface area contributed by atoms with E-state index in [4.69, 9.17) is 4.52 Å². The van der Waals surface area contributed by atoms with Crippen LogP contribution in [0.4, 0.5) is 5.69 Å². The highest BCUT2D eigenvalue weighted by atomic mass is 32.2. The SMILES string of the molecule is Cc1noc(C)c1S(=O)(=O)Nc1ccc(C2(C(=O)NC(C)C)CC2)cc1. The zero-order chi connectivity index (χ0) is 19.1. The molecule has 2 aromatic rings. The number of hydrogen-bond acceptors (Lipinski definition) is 5. The van der Waals surface area contributed by atoms with Gasteiger partial charge in [-0.2, -0.15) is 0 Å². The Morgan fingerprint density at radius 1 is 1.19 bits per heavy atom. The fraction of sp³-hybridized carbons (Fsp3) is 0.444. The Bertz CT molecular complexity index is 906. The quantitative estimate of drug-likeness (QED) is 0.806. The van der Waals surface area contributed by atoms with Crippen LogP contribution in [0.3, 0.4) is 0 Å². The molecule has 0 atom stereocenters. The maximum atomic E-state index is 12.6. The molecule has 0 spiro atoms. The molecule has 7 nitrogen and oxygen atoms in total. The van der Waals surface area contributed by atoms with E-state index in [9.17, 15) is 13.2 Å². The van der Waals surface area contributed by atoms with Crippen molar-refractivity contribution >= 4 is 21.6 Å². The Kier molecular flexibility index (Phi) is 4.56. The van der Waals surface area contributed by atoms with Crippen molar-refractivity contribution in [1.29, 1.82) is 0 Å². The second kappa shape index (κ2) is 6.42. The average Bonchev–Trinajstić information content (AvgIpc) is 3.27. The Hall–Kier alpha value is -2.35. The predicted molar refractivity (Wildman–Crippen MR) is 97.4 cm³/mol. The molecule has 1 saturated carbocycles. The fourth-order valence-corrected chi connectivity index (χ4v) is 4.48. The summed E-state index contributed by atoms with van der Waals surface area (Å²) in [5.74, 6) is 0.269. The summed E-state index contributed by atoms with van der Waals surface area (Å²) in [4.78, 5) is 12.5. The summed E-state index contributed by atoms with van der Waals surface area (Å²) < 4.78 is 32.6. The van der Waals surface area contributed by atoms with Crippen molar-refractivity contribution in [3.05, 3.63) is 41.3 Å². The van der Waals surface area contributed by atoms with Crippen LogP contribution >= 0.6 is 0 Å². The molecule has 1 aliphatic rings. The fourth-order valence-electron chi connectivity index (χ4n) is 3.09. The van der Waals surface area contributed by atoms with Crippen molar-refractivity contribution in [2.24, 2.45) is 0 Å². The molecule has 1 aliphatic carbocycles. The third-order valence-electron chi connectivity index (χ3n) is 4.53. The Morgan fingerprint density at radius 2 is 1.81 bits per heavy atom. The van der Waals surface area contributed by atoms with Crippen LogP contribution in [0.2, 0.25) is 0 Å². The van der Waals surface area contributed by atoms with Gasteiger partial charge in [0.15, 0.2) is 10.7 Å². The molecule has 1 aromatic heterocycles. The zero-order valence-electron chi connectivity index (χ0n) is 15.3. The summed E-state index contributed by atoms with van der Waals surface area (Å²) in [5, 5.41) is 6.64. The molecule has 1 heterocycles. The number of nitrogens with one attached hydrogen (secondary N) is 2. The van der Waals surface area contributed by atoms with Crippen LogP contribution in [0.25, 0.3) is 0 Å². The first-order chi connectivity index (χ1) is 12.2.